The third-order valence-corrected chi connectivity index (χ3v) is 5.57. The Kier molecular flexibility index (Phi) is 6.96. The third-order valence-electron chi connectivity index (χ3n) is 5.57. The van der Waals surface area contributed by atoms with Crippen LogP contribution >= 0.6 is 0 Å². The molecule has 2 aromatic rings. The molecular weight excluding hydrogens is 388 g/mol. The molecule has 0 aromatic heterocycles. The minimum Gasteiger partial charge on any atom is -0.379 e. The molecule has 0 saturated carbocycles. The quantitative estimate of drug-likeness (QED) is 0.486. The van der Waals surface area contributed by atoms with Crippen LogP contribution in [0.25, 0.3) is 5.57 Å². The molecule has 0 unspecified atom stereocenters. The van der Waals surface area contributed by atoms with Crippen LogP contribution in [0.3, 0.4) is 0 Å². The molecule has 1 aliphatic rings. The molecule has 5 nitrogen and oxygen atoms in total. The molecule has 0 bridgehead atoms. The molecule has 164 valence electrons. The van der Waals surface area contributed by atoms with Gasteiger partial charge in [-0.25, -0.2) is 0 Å². The first kappa shape index (κ1) is 22.8. The molecule has 3 rings (SSSR count). The second-order valence-corrected chi connectivity index (χ2v) is 8.53. The van der Waals surface area contributed by atoms with Gasteiger partial charge >= 0.3 is 0 Å². The number of amides is 2. The first-order valence-corrected chi connectivity index (χ1v) is 10.8. The Labute approximate surface area is 185 Å². The molecule has 1 aliphatic heterocycles. The number of rotatable bonds is 8. The van der Waals surface area contributed by atoms with E-state index >= 15 is 0 Å². The van der Waals surface area contributed by atoms with Crippen molar-refractivity contribution < 1.29 is 14.3 Å². The van der Waals surface area contributed by atoms with Crippen molar-refractivity contribution in [3.63, 3.8) is 0 Å². The van der Waals surface area contributed by atoms with Gasteiger partial charge in [0.05, 0.1) is 11.7 Å². The summed E-state index contributed by atoms with van der Waals surface area (Å²) >= 11 is 0. The zero-order valence-corrected chi connectivity index (χ0v) is 19.3. The van der Waals surface area contributed by atoms with Crippen LogP contribution in [-0.2, 0) is 14.3 Å². The number of hydrogen-bond acceptors (Lipinski definition) is 4. The van der Waals surface area contributed by atoms with Gasteiger partial charge in [-0.2, -0.15) is 0 Å². The number of imide groups is 1. The Morgan fingerprint density at radius 1 is 0.903 bits per heavy atom. The van der Waals surface area contributed by atoms with Gasteiger partial charge in [-0.15, -0.1) is 0 Å². The molecule has 0 atom stereocenters. The second kappa shape index (κ2) is 9.48. The number of benzene rings is 2. The first-order valence-electron chi connectivity index (χ1n) is 10.8. The van der Waals surface area contributed by atoms with Gasteiger partial charge in [0.2, 0.25) is 0 Å². The van der Waals surface area contributed by atoms with E-state index in [-0.39, 0.29) is 17.9 Å². The number of nitrogens with one attached hydrogen (secondary N) is 1. The normalized spacial score (nSPS) is 14.2. The number of anilines is 1. The second-order valence-electron chi connectivity index (χ2n) is 8.53. The van der Waals surface area contributed by atoms with E-state index in [9.17, 15) is 9.59 Å². The predicted molar refractivity (Wildman–Crippen MR) is 125 cm³/mol. The fourth-order valence-electron chi connectivity index (χ4n) is 3.74. The Morgan fingerprint density at radius 2 is 1.65 bits per heavy atom. The zero-order valence-electron chi connectivity index (χ0n) is 19.3. The molecule has 0 fully saturated rings. The largest absolute Gasteiger partial charge is 0.379 e. The van der Waals surface area contributed by atoms with Crippen LogP contribution in [0.5, 0.6) is 0 Å². The van der Waals surface area contributed by atoms with E-state index in [4.69, 9.17) is 4.74 Å². The molecule has 1 N–H and O–H groups in total. The van der Waals surface area contributed by atoms with Crippen molar-refractivity contribution in [1.29, 1.82) is 0 Å². The van der Waals surface area contributed by atoms with Crippen LogP contribution in [0.2, 0.25) is 0 Å². The maximum Gasteiger partial charge on any atom is 0.278 e. The lowest BCUT2D eigenvalue weighted by Gasteiger charge is -2.16. The van der Waals surface area contributed by atoms with E-state index < -0.39 is 0 Å². The Hall–Kier alpha value is -2.92. The van der Waals surface area contributed by atoms with Crippen LogP contribution in [0.1, 0.15) is 48.1 Å². The number of aryl methyl sites for hydroxylation is 4. The third kappa shape index (κ3) is 5.05. The van der Waals surface area contributed by atoms with E-state index in [1.54, 1.807) is 0 Å². The minimum atomic E-state index is -0.289. The van der Waals surface area contributed by atoms with Gasteiger partial charge in [-0.1, -0.05) is 29.8 Å². The monoisotopic (exact) mass is 420 g/mol. The van der Waals surface area contributed by atoms with Crippen molar-refractivity contribution in [3.8, 4) is 0 Å². The van der Waals surface area contributed by atoms with Crippen LogP contribution in [0.15, 0.2) is 42.1 Å². The molecule has 0 saturated heterocycles. The number of ether oxygens (including phenoxy) is 1. The molecule has 1 heterocycles. The van der Waals surface area contributed by atoms with Crippen molar-refractivity contribution in [1.82, 2.24) is 4.90 Å². The lowest BCUT2D eigenvalue weighted by Crippen LogP contribution is -2.34. The van der Waals surface area contributed by atoms with Crippen LogP contribution in [-0.4, -0.2) is 36.0 Å². The van der Waals surface area contributed by atoms with Gasteiger partial charge in [0.1, 0.15) is 5.70 Å². The summed E-state index contributed by atoms with van der Waals surface area (Å²) in [6.45, 7) is 12.8. The Bertz CT molecular complexity index is 1040. The van der Waals surface area contributed by atoms with Crippen molar-refractivity contribution >= 4 is 23.1 Å². The lowest BCUT2D eigenvalue weighted by molar-refractivity contribution is -0.137. The summed E-state index contributed by atoms with van der Waals surface area (Å²) in [5, 5.41) is 3.25. The highest BCUT2D eigenvalue weighted by molar-refractivity contribution is 6.36. The molecule has 0 radical (unpaired) electrons. The lowest BCUT2D eigenvalue weighted by atomic mass is 9.97. The summed E-state index contributed by atoms with van der Waals surface area (Å²) in [5.41, 5.74) is 6.75. The smallest absolute Gasteiger partial charge is 0.278 e. The molecule has 2 aromatic carbocycles. The maximum absolute atomic E-state index is 13.4. The van der Waals surface area contributed by atoms with Crippen molar-refractivity contribution in [3.05, 3.63) is 69.9 Å². The van der Waals surface area contributed by atoms with Crippen LogP contribution < -0.4 is 5.32 Å². The van der Waals surface area contributed by atoms with Gasteiger partial charge in [-0.3, -0.25) is 14.5 Å². The van der Waals surface area contributed by atoms with E-state index in [2.05, 4.69) is 5.32 Å². The highest BCUT2D eigenvalue weighted by atomic mass is 16.5. The molecule has 0 spiro atoms. The number of hydrogen-bond donors (Lipinski definition) is 1. The topological polar surface area (TPSA) is 58.6 Å². The number of carbonyl (C=O) groups is 2. The van der Waals surface area contributed by atoms with Crippen LogP contribution in [0, 0.1) is 27.7 Å². The summed E-state index contributed by atoms with van der Waals surface area (Å²) in [5.74, 6) is -0.546. The van der Waals surface area contributed by atoms with Crippen molar-refractivity contribution in [2.45, 2.75) is 54.1 Å². The summed E-state index contributed by atoms with van der Waals surface area (Å²) in [6.07, 6.45) is 0.725. The van der Waals surface area contributed by atoms with Crippen molar-refractivity contribution in [2.24, 2.45) is 0 Å². The fraction of sp³-hybridized carbons (Fsp3) is 0.385. The van der Waals surface area contributed by atoms with E-state index in [0.29, 0.717) is 30.8 Å². The summed E-state index contributed by atoms with van der Waals surface area (Å²) in [6, 6.07) is 11.9. The molecular formula is C26H32N2O3. The first-order chi connectivity index (χ1) is 14.7. The fourth-order valence-corrected chi connectivity index (χ4v) is 3.74. The highest BCUT2D eigenvalue weighted by Gasteiger charge is 2.39. The van der Waals surface area contributed by atoms with Crippen molar-refractivity contribution in [2.75, 3.05) is 18.5 Å². The summed E-state index contributed by atoms with van der Waals surface area (Å²) in [4.78, 5) is 28.0. The van der Waals surface area contributed by atoms with Crippen LogP contribution in [0.4, 0.5) is 5.69 Å². The molecule has 31 heavy (non-hydrogen) atoms. The van der Waals surface area contributed by atoms with E-state index in [0.717, 1.165) is 27.9 Å². The highest BCUT2D eigenvalue weighted by Crippen LogP contribution is 2.33. The molecule has 2 amide bonds. The summed E-state index contributed by atoms with van der Waals surface area (Å²) < 4.78 is 5.58. The molecule has 5 heteroatoms. The zero-order chi connectivity index (χ0) is 22.7. The number of nitrogens with zero attached hydrogens (tertiary/aromatic N) is 1. The predicted octanol–water partition coefficient (Wildman–Crippen LogP) is 4.93. The number of carbonyl (C=O) groups excluding carboxylic acids is 2. The standard InChI is InChI=1S/C26H32N2O3/c1-16(2)31-13-7-12-28-25(29)23(22-11-8-17(3)14-20(22)6)24(26(28)30)27-21-10-9-18(4)19(5)15-21/h8-11,14-16,27H,7,12-13H2,1-6H3. The SMILES string of the molecule is Cc1ccc(C2=C(Nc3ccc(C)c(C)c3)C(=O)N(CCCOC(C)C)C2=O)c(C)c1. The van der Waals surface area contributed by atoms with Gasteiger partial charge in [0.25, 0.3) is 11.8 Å². The average Bonchev–Trinajstić information content (AvgIpc) is 2.92. The van der Waals surface area contributed by atoms with Gasteiger partial charge < -0.3 is 10.1 Å². The Balaban J connectivity index is 1.96. The van der Waals surface area contributed by atoms with Gasteiger partial charge in [0, 0.05) is 18.8 Å². The summed E-state index contributed by atoms with van der Waals surface area (Å²) in [7, 11) is 0. The molecule has 0 aliphatic carbocycles. The van der Waals surface area contributed by atoms with E-state index in [1.165, 1.54) is 10.5 Å². The van der Waals surface area contributed by atoms with Gasteiger partial charge in [-0.05, 0) is 82.3 Å². The minimum absolute atomic E-state index is 0.121. The maximum atomic E-state index is 13.4. The average molecular weight is 421 g/mol. The van der Waals surface area contributed by atoms with E-state index in [1.807, 2.05) is 77.9 Å². The van der Waals surface area contributed by atoms with Gasteiger partial charge in [0.15, 0.2) is 0 Å². The Morgan fingerprint density at radius 3 is 2.29 bits per heavy atom.